The van der Waals surface area contributed by atoms with Gasteiger partial charge in [-0.1, -0.05) is 63.2 Å². The van der Waals surface area contributed by atoms with Gasteiger partial charge in [0.25, 0.3) is 5.69 Å². The second-order valence-electron chi connectivity index (χ2n) is 19.4. The number of nitrogens with two attached hydrogens (primary N) is 4. The van der Waals surface area contributed by atoms with Crippen LogP contribution < -0.4 is 22.9 Å². The maximum absolute atomic E-state index is 10.8. The Morgan fingerprint density at radius 2 is 0.887 bits per heavy atom. The molecule has 2 aromatic carbocycles. The van der Waals surface area contributed by atoms with Crippen LogP contribution in [0.3, 0.4) is 0 Å². The lowest BCUT2D eigenvalue weighted by atomic mass is 9.81. The smallest absolute Gasteiger partial charge is 0.269 e. The lowest BCUT2D eigenvalue weighted by Gasteiger charge is -2.25. The maximum atomic E-state index is 10.8. The third kappa shape index (κ3) is 8.35. The summed E-state index contributed by atoms with van der Waals surface area (Å²) in [5.74, 6) is 3.93. The molecule has 4 atom stereocenters. The van der Waals surface area contributed by atoms with E-state index in [0.29, 0.717) is 30.0 Å². The highest BCUT2D eigenvalue weighted by molar-refractivity contribution is 5.89. The molecule has 0 saturated heterocycles. The molecule has 4 aliphatic heterocycles. The van der Waals surface area contributed by atoms with E-state index in [9.17, 15) is 10.1 Å². The van der Waals surface area contributed by atoms with Crippen LogP contribution in [0.4, 0.5) is 5.69 Å². The third-order valence-electron chi connectivity index (χ3n) is 14.4. The number of amidine groups is 4. The summed E-state index contributed by atoms with van der Waals surface area (Å²) in [6, 6.07) is 16.9. The van der Waals surface area contributed by atoms with Crippen LogP contribution in [0.15, 0.2) is 145 Å². The van der Waals surface area contributed by atoms with E-state index in [4.69, 9.17) is 22.9 Å². The van der Waals surface area contributed by atoms with E-state index in [2.05, 4.69) is 105 Å². The van der Waals surface area contributed by atoms with Gasteiger partial charge in [0.1, 0.15) is 23.3 Å². The Hall–Kier alpha value is -8.48. The molecule has 6 aromatic rings. The highest BCUT2D eigenvalue weighted by Gasteiger charge is 2.37. The van der Waals surface area contributed by atoms with Crippen LogP contribution in [-0.4, -0.2) is 68.1 Å². The Morgan fingerprint density at radius 1 is 0.507 bits per heavy atom. The molecule has 4 aliphatic carbocycles. The van der Waals surface area contributed by atoms with Gasteiger partial charge in [0.2, 0.25) is 0 Å². The highest BCUT2D eigenvalue weighted by atomic mass is 16.6. The molecule has 0 saturated carbocycles. The van der Waals surface area contributed by atoms with E-state index in [-0.39, 0.29) is 17.5 Å². The molecule has 360 valence electrons. The molecule has 0 bridgehead atoms. The van der Waals surface area contributed by atoms with Crippen LogP contribution in [0.5, 0.6) is 0 Å². The zero-order chi connectivity index (χ0) is 49.1. The SMILES string of the molecule is CC(C)C1C2=C(CC(N)=N2)Cc2[nH]cnc21.CC1C2=C(CC(N)=N2)Cc2[nH]cnc21.NC1=NC2=C(C1)Cc1[nH]cnc1C2c1ccc([N+](=O)[O-])cc1.NC1=NC2=C(C1)Cc1[nH]cnc1C2c1ccccc1. The fourth-order valence-electron chi connectivity index (χ4n) is 11.3. The number of H-pyrrole nitrogens is 4. The zero-order valence-corrected chi connectivity index (χ0v) is 39.7. The summed E-state index contributed by atoms with van der Waals surface area (Å²) in [6.45, 7) is 6.56. The Balaban J connectivity index is 0.000000104. The van der Waals surface area contributed by atoms with Gasteiger partial charge in [0, 0.05) is 98.1 Å². The number of nitro groups is 1. The number of nitrogens with zero attached hydrogens (tertiary/aromatic N) is 9. The normalized spacial score (nSPS) is 21.9. The van der Waals surface area contributed by atoms with Crippen molar-refractivity contribution in [3.05, 3.63) is 192 Å². The van der Waals surface area contributed by atoms with Gasteiger partial charge in [-0.3, -0.25) is 10.1 Å². The van der Waals surface area contributed by atoms with Crippen LogP contribution in [-0.2, 0) is 25.7 Å². The first-order valence-corrected chi connectivity index (χ1v) is 24.0. The average molecular weight is 950 g/mol. The fourth-order valence-corrected chi connectivity index (χ4v) is 11.3. The number of imidazole rings is 4. The topological polar surface area (TPSA) is 311 Å². The van der Waals surface area contributed by atoms with Crippen LogP contribution in [0.25, 0.3) is 0 Å². The molecule has 0 fully saturated rings. The van der Waals surface area contributed by atoms with Crippen LogP contribution in [0.2, 0.25) is 0 Å². The number of allylic oxidation sites excluding steroid dienone is 4. The van der Waals surface area contributed by atoms with Gasteiger partial charge in [-0.15, -0.1) is 0 Å². The second kappa shape index (κ2) is 18.1. The number of aromatic nitrogens is 8. The fraction of sp³-hybridized carbons (Fsp3) is 0.308. The van der Waals surface area contributed by atoms with E-state index in [1.54, 1.807) is 37.4 Å². The lowest BCUT2D eigenvalue weighted by molar-refractivity contribution is -0.384. The maximum Gasteiger partial charge on any atom is 0.269 e. The van der Waals surface area contributed by atoms with Gasteiger partial charge in [-0.25, -0.2) is 39.9 Å². The molecule has 0 amide bonds. The van der Waals surface area contributed by atoms with Crippen LogP contribution in [0.1, 0.15) is 127 Å². The quantitative estimate of drug-likeness (QED) is 0.0665. The monoisotopic (exact) mass is 949 g/mol. The predicted octanol–water partition coefficient (Wildman–Crippen LogP) is 6.94. The lowest BCUT2D eigenvalue weighted by Crippen LogP contribution is -2.17. The summed E-state index contributed by atoms with van der Waals surface area (Å²) in [5.41, 5.74) is 44.2. The van der Waals surface area contributed by atoms with E-state index in [1.807, 2.05) is 6.07 Å². The number of rotatable bonds is 4. The summed E-state index contributed by atoms with van der Waals surface area (Å²) in [6.07, 6.45) is 13.7. The van der Waals surface area contributed by atoms with Gasteiger partial charge in [-0.2, -0.15) is 0 Å². The minimum atomic E-state index is -0.402. The number of benzene rings is 2. The van der Waals surface area contributed by atoms with Crippen molar-refractivity contribution in [1.29, 1.82) is 0 Å². The number of aromatic amines is 4. The number of non-ortho nitro benzene ring substituents is 1. The summed E-state index contributed by atoms with van der Waals surface area (Å²) < 4.78 is 0. The Kier molecular flexibility index (Phi) is 11.5. The molecule has 12 N–H and O–H groups in total. The van der Waals surface area contributed by atoms with Crippen molar-refractivity contribution in [1.82, 2.24) is 39.9 Å². The van der Waals surface area contributed by atoms with Crippen molar-refractivity contribution in [2.75, 3.05) is 0 Å². The van der Waals surface area contributed by atoms with Gasteiger partial charge in [0.05, 0.1) is 87.6 Å². The number of nitro benzene ring substituents is 1. The Labute approximate surface area is 408 Å². The van der Waals surface area contributed by atoms with Crippen LogP contribution in [0, 0.1) is 16.0 Å². The van der Waals surface area contributed by atoms with Crippen molar-refractivity contribution in [2.24, 2.45) is 48.8 Å². The van der Waals surface area contributed by atoms with Crippen molar-refractivity contribution >= 4 is 29.0 Å². The van der Waals surface area contributed by atoms with Gasteiger partial charge in [-0.05, 0) is 39.3 Å². The number of fused-ring (bicyclic) bond motifs is 4. The first-order valence-electron chi connectivity index (χ1n) is 24.0. The first-order chi connectivity index (χ1) is 34.4. The van der Waals surface area contributed by atoms with Crippen molar-refractivity contribution < 1.29 is 4.92 Å². The molecule has 19 nitrogen and oxygen atoms in total. The minimum absolute atomic E-state index is 0.0745. The van der Waals surface area contributed by atoms with E-state index in [0.717, 1.165) is 114 Å². The molecular weight excluding hydrogens is 895 g/mol. The third-order valence-corrected chi connectivity index (χ3v) is 14.4. The molecule has 4 aromatic heterocycles. The van der Waals surface area contributed by atoms with E-state index < -0.39 is 4.92 Å². The van der Waals surface area contributed by atoms with Gasteiger partial charge >= 0.3 is 0 Å². The Bertz CT molecular complexity index is 3350. The molecular formula is C52H55N17O2. The van der Waals surface area contributed by atoms with Gasteiger partial charge < -0.3 is 42.9 Å². The summed E-state index contributed by atoms with van der Waals surface area (Å²) in [5, 5.41) is 10.8. The van der Waals surface area contributed by atoms with Crippen molar-refractivity contribution in [3.8, 4) is 0 Å². The highest BCUT2D eigenvalue weighted by Crippen LogP contribution is 2.46. The first kappa shape index (κ1) is 45.0. The van der Waals surface area contributed by atoms with E-state index in [1.165, 1.54) is 62.8 Å². The van der Waals surface area contributed by atoms with Gasteiger partial charge in [0.15, 0.2) is 0 Å². The molecule has 8 aliphatic rings. The number of nitrogens with one attached hydrogen (secondary N) is 4. The minimum Gasteiger partial charge on any atom is -0.387 e. The number of aliphatic imine (C=N–C) groups is 4. The predicted molar refractivity (Wildman–Crippen MR) is 271 cm³/mol. The molecule has 14 rings (SSSR count). The molecule has 0 radical (unpaired) electrons. The largest absolute Gasteiger partial charge is 0.387 e. The summed E-state index contributed by atoms with van der Waals surface area (Å²) in [7, 11) is 0. The van der Waals surface area contributed by atoms with Crippen LogP contribution >= 0.6 is 0 Å². The molecule has 19 heteroatoms. The molecule has 0 spiro atoms. The van der Waals surface area contributed by atoms with Crippen molar-refractivity contribution in [2.45, 2.75) is 95.8 Å². The average Bonchev–Trinajstić information content (AvgIpc) is 4.21. The second-order valence-corrected chi connectivity index (χ2v) is 19.4. The standard InChI is InChI=1S/C15H13N5O2.C15H14N4.C12H16N4.C10H12N4/c16-12-6-9-5-11-15(18-7-17-11)13(14(9)19-12)8-1-3-10(4-2-8)20(21)22;16-12-7-10-6-11-15(18-8-17-11)13(14(10)19-12)9-4-2-1-3-5-9;1-6(2)10-11-7(4-9(13)16-11)3-8-12(10)15-5-14-8;1-5-9-6(3-8(11)14-9)2-7-10(5)13-4-12-7/h1-4,7,13H,5-6H2,(H2,16,19)(H,17,18);1-5,8,13H,6-7H2,(H2,16,19)(H,17,18);5-6,10H,3-4H2,1-2H3,(H2,13,16)(H,14,15);4-5H,2-3H2,1H3,(H2,11,14)(H,12,13). The molecule has 4 unspecified atom stereocenters. The number of hydrogen-bond acceptors (Lipinski definition) is 14. The summed E-state index contributed by atoms with van der Waals surface area (Å²) >= 11 is 0. The Morgan fingerprint density at radius 3 is 1.37 bits per heavy atom. The molecule has 8 heterocycles. The number of hydrogen-bond donors (Lipinski definition) is 8. The zero-order valence-electron chi connectivity index (χ0n) is 39.7. The van der Waals surface area contributed by atoms with Crippen molar-refractivity contribution in [3.63, 3.8) is 0 Å². The van der Waals surface area contributed by atoms with E-state index >= 15 is 0 Å². The summed E-state index contributed by atoms with van der Waals surface area (Å²) in [4.78, 5) is 58.9. The molecule has 71 heavy (non-hydrogen) atoms.